The molecule has 0 aromatic heterocycles. The van der Waals surface area contributed by atoms with Crippen molar-refractivity contribution in [3.05, 3.63) is 158 Å². The van der Waals surface area contributed by atoms with E-state index in [0.29, 0.717) is 11.5 Å². The molecule has 0 aliphatic heterocycles. The Kier molecular flexibility index (Phi) is 9.40. The fourth-order valence-electron chi connectivity index (χ4n) is 4.90. The van der Waals surface area contributed by atoms with Crippen LogP contribution in [0.1, 0.15) is 0 Å². The molecule has 0 aliphatic carbocycles. The summed E-state index contributed by atoms with van der Waals surface area (Å²) >= 11 is 0. The van der Waals surface area contributed by atoms with Crippen molar-refractivity contribution in [2.45, 2.75) is 0 Å². The minimum atomic E-state index is -3.15. The van der Waals surface area contributed by atoms with Crippen LogP contribution in [0.25, 0.3) is 0 Å². The molecule has 0 saturated carbocycles. The van der Waals surface area contributed by atoms with Gasteiger partial charge in [-0.3, -0.25) is 0 Å². The zero-order chi connectivity index (χ0) is 30.3. The van der Waals surface area contributed by atoms with Crippen molar-refractivity contribution in [2.75, 3.05) is 0 Å². The van der Waals surface area contributed by atoms with E-state index in [1.165, 1.54) is 12.1 Å². The third-order valence-corrected chi connectivity index (χ3v) is 12.5. The first kappa shape index (κ1) is 29.7. The molecule has 0 aliphatic rings. The number of hydrogen-bond donors (Lipinski definition) is 2. The summed E-state index contributed by atoms with van der Waals surface area (Å²) in [6.45, 7) is 0. The normalized spacial score (nSPS) is 11.2. The fraction of sp³-hybridized carbons (Fsp3) is 0. The lowest BCUT2D eigenvalue weighted by Crippen LogP contribution is -2.22. The van der Waals surface area contributed by atoms with Crippen molar-refractivity contribution in [1.82, 2.24) is 0 Å². The first-order valence-corrected chi connectivity index (χ1v) is 17.8. The topological polar surface area (TPSA) is 76.0 Å². The standard InChI is InChI=1S/C36H29O5P3/c37-27-21-23-33(35(25-27)42(29-13-5-1-6-14-29)30-15-7-2-8-16-30)40-44(39)41-34-24-22-28(38)26-36(34)43(31-17-9-3-10-18-31)32-19-11-4-12-20-32/h1-26,37-38,44H. The van der Waals surface area contributed by atoms with Gasteiger partial charge in [-0.2, -0.15) is 0 Å². The van der Waals surface area contributed by atoms with Crippen molar-refractivity contribution < 1.29 is 23.8 Å². The van der Waals surface area contributed by atoms with Crippen LogP contribution in [0.5, 0.6) is 23.0 Å². The molecular formula is C36H29O5P3. The van der Waals surface area contributed by atoms with Crippen LogP contribution in [0, 0.1) is 0 Å². The summed E-state index contributed by atoms with van der Waals surface area (Å²) in [5.74, 6) is 0.924. The quantitative estimate of drug-likeness (QED) is 0.169. The zero-order valence-electron chi connectivity index (χ0n) is 23.5. The Labute approximate surface area is 259 Å². The van der Waals surface area contributed by atoms with E-state index >= 15 is 0 Å². The molecule has 0 bridgehead atoms. The molecule has 6 rings (SSSR count). The lowest BCUT2D eigenvalue weighted by molar-refractivity contribution is 0.416. The highest BCUT2D eigenvalue weighted by Gasteiger charge is 2.25. The highest BCUT2D eigenvalue weighted by molar-refractivity contribution is 7.80. The molecule has 0 atom stereocenters. The van der Waals surface area contributed by atoms with Gasteiger partial charge in [0.2, 0.25) is 0 Å². The van der Waals surface area contributed by atoms with E-state index in [0.717, 1.165) is 31.8 Å². The number of hydrogen-bond acceptors (Lipinski definition) is 5. The molecule has 0 fully saturated rings. The van der Waals surface area contributed by atoms with E-state index in [1.807, 2.05) is 121 Å². The highest BCUT2D eigenvalue weighted by Crippen LogP contribution is 2.43. The van der Waals surface area contributed by atoms with E-state index in [-0.39, 0.29) is 11.5 Å². The van der Waals surface area contributed by atoms with Gasteiger partial charge in [-0.15, -0.1) is 0 Å². The van der Waals surface area contributed by atoms with E-state index in [4.69, 9.17) is 9.05 Å². The summed E-state index contributed by atoms with van der Waals surface area (Å²) in [7, 11) is -5.44. The molecule has 218 valence electrons. The van der Waals surface area contributed by atoms with Crippen LogP contribution in [-0.2, 0) is 4.57 Å². The van der Waals surface area contributed by atoms with Crippen LogP contribution in [-0.4, -0.2) is 10.2 Å². The van der Waals surface area contributed by atoms with Gasteiger partial charge in [-0.05, 0) is 73.5 Å². The van der Waals surface area contributed by atoms with Gasteiger partial charge in [0.05, 0.1) is 0 Å². The third kappa shape index (κ3) is 6.88. The van der Waals surface area contributed by atoms with Crippen LogP contribution >= 0.6 is 24.1 Å². The second-order valence-electron chi connectivity index (χ2n) is 9.77. The predicted molar refractivity (Wildman–Crippen MR) is 184 cm³/mol. The smallest absolute Gasteiger partial charge is 0.419 e. The molecule has 0 unspecified atom stereocenters. The summed E-state index contributed by atoms with van der Waals surface area (Å²) in [5.41, 5.74) is 0. The average molecular weight is 635 g/mol. The Bertz CT molecular complexity index is 1640. The minimum absolute atomic E-state index is 0.0875. The zero-order valence-corrected chi connectivity index (χ0v) is 26.3. The maximum Gasteiger partial charge on any atom is 0.419 e. The van der Waals surface area contributed by atoms with Crippen molar-refractivity contribution in [1.29, 1.82) is 0 Å². The van der Waals surface area contributed by atoms with E-state index in [9.17, 15) is 14.8 Å². The van der Waals surface area contributed by atoms with E-state index in [1.54, 1.807) is 24.3 Å². The molecule has 0 heterocycles. The lowest BCUT2D eigenvalue weighted by Gasteiger charge is -2.23. The first-order valence-electron chi connectivity index (χ1n) is 13.9. The maximum absolute atomic E-state index is 13.7. The monoisotopic (exact) mass is 634 g/mol. The number of phenolic OH excluding ortho intramolecular Hbond substituents is 2. The second-order valence-corrected chi connectivity index (χ2v) is 15.1. The maximum atomic E-state index is 13.7. The van der Waals surface area contributed by atoms with Crippen LogP contribution in [0.2, 0.25) is 0 Å². The molecule has 2 N–H and O–H groups in total. The molecule has 0 amide bonds. The highest BCUT2D eigenvalue weighted by atomic mass is 31.1. The lowest BCUT2D eigenvalue weighted by atomic mass is 10.3. The van der Waals surface area contributed by atoms with Gasteiger partial charge in [0, 0.05) is 10.6 Å². The van der Waals surface area contributed by atoms with Crippen LogP contribution in [0.4, 0.5) is 0 Å². The van der Waals surface area contributed by atoms with Crippen molar-refractivity contribution in [3.8, 4) is 23.0 Å². The van der Waals surface area contributed by atoms with Gasteiger partial charge < -0.3 is 19.3 Å². The van der Waals surface area contributed by atoms with E-state index < -0.39 is 24.1 Å². The summed E-state index contributed by atoms with van der Waals surface area (Å²) in [6, 6.07) is 49.7. The summed E-state index contributed by atoms with van der Waals surface area (Å²) in [5, 5.41) is 26.7. The van der Waals surface area contributed by atoms with Crippen LogP contribution in [0.3, 0.4) is 0 Å². The Morgan fingerprint density at radius 2 is 0.727 bits per heavy atom. The summed E-state index contributed by atoms with van der Waals surface area (Å²) < 4.78 is 25.8. The Morgan fingerprint density at radius 1 is 0.432 bits per heavy atom. The third-order valence-electron chi connectivity index (χ3n) is 6.81. The van der Waals surface area contributed by atoms with E-state index in [2.05, 4.69) is 0 Å². The van der Waals surface area contributed by atoms with Crippen molar-refractivity contribution in [2.24, 2.45) is 0 Å². The molecule has 8 heteroatoms. The molecule has 0 spiro atoms. The minimum Gasteiger partial charge on any atom is -0.508 e. The molecule has 6 aromatic rings. The largest absolute Gasteiger partial charge is 0.508 e. The molecule has 6 aromatic carbocycles. The predicted octanol–water partition coefficient (Wildman–Crippen LogP) is 6.46. The Morgan fingerprint density at radius 3 is 1.02 bits per heavy atom. The Hall–Kier alpha value is -4.39. The first-order chi connectivity index (χ1) is 21.6. The number of rotatable bonds is 10. The number of aromatic hydroxyl groups is 2. The average Bonchev–Trinajstić information content (AvgIpc) is 3.06. The van der Waals surface area contributed by atoms with Gasteiger partial charge >= 0.3 is 8.25 Å². The second kappa shape index (κ2) is 13.9. The van der Waals surface area contributed by atoms with Crippen molar-refractivity contribution in [3.63, 3.8) is 0 Å². The van der Waals surface area contributed by atoms with Gasteiger partial charge in [-0.1, -0.05) is 121 Å². The molecule has 0 radical (unpaired) electrons. The molecular weight excluding hydrogens is 605 g/mol. The van der Waals surface area contributed by atoms with Gasteiger partial charge in [0.15, 0.2) is 0 Å². The fourth-order valence-corrected chi connectivity index (χ4v) is 10.6. The SMILES string of the molecule is O=[PH](Oc1ccc(O)cc1P(c1ccccc1)c1ccccc1)Oc1ccc(O)cc1P(c1ccccc1)c1ccccc1. The van der Waals surface area contributed by atoms with Crippen LogP contribution in [0.15, 0.2) is 158 Å². The summed E-state index contributed by atoms with van der Waals surface area (Å²) in [4.78, 5) is 0. The number of benzene rings is 6. The van der Waals surface area contributed by atoms with Gasteiger partial charge in [0.1, 0.15) is 23.0 Å². The molecule has 0 saturated heterocycles. The Balaban J connectivity index is 1.37. The summed E-state index contributed by atoms with van der Waals surface area (Å²) in [6.07, 6.45) is 0. The molecule has 44 heavy (non-hydrogen) atoms. The number of phenols is 2. The van der Waals surface area contributed by atoms with Gasteiger partial charge in [0.25, 0.3) is 0 Å². The van der Waals surface area contributed by atoms with Crippen molar-refractivity contribution >= 4 is 55.9 Å². The van der Waals surface area contributed by atoms with Gasteiger partial charge in [-0.25, -0.2) is 4.57 Å². The van der Waals surface area contributed by atoms with Crippen LogP contribution < -0.4 is 40.9 Å². The molecule has 5 nitrogen and oxygen atoms in total.